The highest BCUT2D eigenvalue weighted by Gasteiger charge is 2.35. The van der Waals surface area contributed by atoms with Crippen molar-refractivity contribution in [2.75, 3.05) is 14.2 Å². The van der Waals surface area contributed by atoms with E-state index in [1.54, 1.807) is 20.3 Å². The SMILES string of the molecule is CCCCCCCCCCCC1=[N+](c2ccc(O)c([N+](=O)[O-])c2)C(C)Cc2cc(OC)c(OC)cc21.[Cl-]. The van der Waals surface area contributed by atoms with Crippen molar-refractivity contribution in [3.63, 3.8) is 0 Å². The third-order valence-corrected chi connectivity index (χ3v) is 7.12. The van der Waals surface area contributed by atoms with Crippen LogP contribution in [0.2, 0.25) is 0 Å². The number of hydrogen-bond acceptors (Lipinski definition) is 5. The van der Waals surface area contributed by atoms with Crippen molar-refractivity contribution in [3.05, 3.63) is 51.6 Å². The third-order valence-electron chi connectivity index (χ3n) is 7.12. The lowest BCUT2D eigenvalue weighted by molar-refractivity contribution is -0.483. The Bertz CT molecular complexity index is 1090. The van der Waals surface area contributed by atoms with E-state index in [0.29, 0.717) is 11.5 Å². The summed E-state index contributed by atoms with van der Waals surface area (Å²) in [6, 6.07) is 8.84. The average Bonchev–Trinajstić information content (AvgIpc) is 2.87. The molecule has 0 radical (unpaired) electrons. The zero-order chi connectivity index (χ0) is 26.1. The van der Waals surface area contributed by atoms with Gasteiger partial charge < -0.3 is 27.0 Å². The van der Waals surface area contributed by atoms with Gasteiger partial charge in [-0.15, -0.1) is 0 Å². The molecule has 0 aromatic heterocycles. The fraction of sp³-hybridized carbons (Fsp3) is 0.552. The van der Waals surface area contributed by atoms with Crippen LogP contribution in [0.15, 0.2) is 30.3 Å². The fourth-order valence-electron chi connectivity index (χ4n) is 5.24. The Kier molecular flexibility index (Phi) is 12.2. The summed E-state index contributed by atoms with van der Waals surface area (Å²) in [6.45, 7) is 4.38. The predicted octanol–water partition coefficient (Wildman–Crippen LogP) is 4.32. The summed E-state index contributed by atoms with van der Waals surface area (Å²) in [6.07, 6.45) is 12.9. The molecule has 7 nitrogen and oxygen atoms in total. The molecule has 0 saturated heterocycles. The molecule has 2 aromatic rings. The van der Waals surface area contributed by atoms with Gasteiger partial charge in [0.15, 0.2) is 29.0 Å². The number of hydrogen-bond donors (Lipinski definition) is 1. The zero-order valence-electron chi connectivity index (χ0n) is 22.6. The standard InChI is InChI=1S/C29H40N2O5.ClH/c1-5-6-7-8-9-10-11-12-13-14-25-24-20-29(36-4)28(35-3)18-22(24)17-21(2)30(25)23-15-16-27(32)26(19-23)31(33)34;/h15-16,18-21H,5-14,17H2,1-4H3;1H. The van der Waals surface area contributed by atoms with E-state index in [1.807, 2.05) is 6.07 Å². The van der Waals surface area contributed by atoms with Crippen LogP contribution >= 0.6 is 0 Å². The second kappa shape index (κ2) is 14.8. The van der Waals surface area contributed by atoms with E-state index in [1.165, 1.54) is 62.6 Å². The van der Waals surface area contributed by atoms with Gasteiger partial charge in [0, 0.05) is 24.5 Å². The topological polar surface area (TPSA) is 84.8 Å². The van der Waals surface area contributed by atoms with Crippen LogP contribution < -0.4 is 21.9 Å². The maximum absolute atomic E-state index is 11.5. The van der Waals surface area contributed by atoms with Crippen molar-refractivity contribution in [2.45, 2.75) is 90.5 Å². The van der Waals surface area contributed by atoms with Crippen molar-refractivity contribution in [3.8, 4) is 17.2 Å². The Hall–Kier alpha value is -2.80. The number of phenolic OH excluding ortho intramolecular Hbond substituents is 1. The number of nitro groups is 1. The largest absolute Gasteiger partial charge is 1.00 e. The minimum atomic E-state index is -0.532. The summed E-state index contributed by atoms with van der Waals surface area (Å²) in [4.78, 5) is 11.0. The first-order valence-corrected chi connectivity index (χ1v) is 13.3. The number of halogens is 1. The smallest absolute Gasteiger partial charge is 0.317 e. The lowest BCUT2D eigenvalue weighted by Crippen LogP contribution is -3.00. The second-order valence-corrected chi connectivity index (χ2v) is 9.74. The molecule has 1 aliphatic rings. The van der Waals surface area contributed by atoms with Crippen LogP contribution in [0.1, 0.15) is 89.2 Å². The van der Waals surface area contributed by atoms with Gasteiger partial charge in [-0.1, -0.05) is 58.3 Å². The van der Waals surface area contributed by atoms with Gasteiger partial charge in [0.25, 0.3) is 0 Å². The number of unbranched alkanes of at least 4 members (excludes halogenated alkanes) is 8. The number of phenols is 1. The van der Waals surface area contributed by atoms with Gasteiger partial charge >= 0.3 is 5.69 Å². The molecule has 1 unspecified atom stereocenters. The van der Waals surface area contributed by atoms with Crippen LogP contribution in [0.4, 0.5) is 11.4 Å². The van der Waals surface area contributed by atoms with Crippen molar-refractivity contribution in [2.24, 2.45) is 0 Å². The molecule has 8 heteroatoms. The maximum Gasteiger partial charge on any atom is 0.317 e. The summed E-state index contributed by atoms with van der Waals surface area (Å²) in [7, 11) is 3.28. The lowest BCUT2D eigenvalue weighted by atomic mass is 9.89. The average molecular weight is 533 g/mol. The van der Waals surface area contributed by atoms with Gasteiger partial charge in [0.1, 0.15) is 0 Å². The molecule has 1 aliphatic heterocycles. The Labute approximate surface area is 227 Å². The first-order valence-electron chi connectivity index (χ1n) is 13.3. The van der Waals surface area contributed by atoms with Crippen LogP contribution in [0.25, 0.3) is 0 Å². The van der Waals surface area contributed by atoms with Crippen LogP contribution in [-0.4, -0.2) is 40.6 Å². The van der Waals surface area contributed by atoms with Gasteiger partial charge in [-0.3, -0.25) is 10.1 Å². The number of methoxy groups -OCH3 is 2. The normalized spacial score (nSPS) is 14.6. The monoisotopic (exact) mass is 532 g/mol. The molecule has 0 spiro atoms. The molecule has 0 aliphatic carbocycles. The summed E-state index contributed by atoms with van der Waals surface area (Å²) in [5.74, 6) is 1.06. The highest BCUT2D eigenvalue weighted by Crippen LogP contribution is 2.37. The number of nitrogens with zero attached hydrogens (tertiary/aromatic N) is 2. The van der Waals surface area contributed by atoms with E-state index >= 15 is 0 Å². The van der Waals surface area contributed by atoms with E-state index in [4.69, 9.17) is 9.47 Å². The summed E-state index contributed by atoms with van der Waals surface area (Å²) in [5, 5.41) is 21.5. The Morgan fingerprint density at radius 3 is 2.16 bits per heavy atom. The summed E-state index contributed by atoms with van der Waals surface area (Å²) < 4.78 is 13.4. The number of fused-ring (bicyclic) bond motifs is 1. The predicted molar refractivity (Wildman–Crippen MR) is 143 cm³/mol. The molecule has 0 fully saturated rings. The molecule has 1 heterocycles. The van der Waals surface area contributed by atoms with Gasteiger partial charge in [0.05, 0.1) is 25.2 Å². The molecule has 204 valence electrons. The second-order valence-electron chi connectivity index (χ2n) is 9.74. The molecule has 1 atom stereocenters. The van der Waals surface area contributed by atoms with Crippen LogP contribution in [0, 0.1) is 10.1 Å². The molecule has 0 bridgehead atoms. The number of nitro benzene ring substituents is 1. The highest BCUT2D eigenvalue weighted by atomic mass is 35.5. The maximum atomic E-state index is 11.5. The molecule has 1 N–H and O–H groups in total. The lowest BCUT2D eigenvalue weighted by Gasteiger charge is -2.24. The van der Waals surface area contributed by atoms with E-state index in [0.717, 1.165) is 42.6 Å². The van der Waals surface area contributed by atoms with Gasteiger partial charge in [-0.05, 0) is 37.1 Å². The van der Waals surface area contributed by atoms with Crippen molar-refractivity contribution < 1.29 is 36.5 Å². The quantitative estimate of drug-likeness (QED) is 0.169. The summed E-state index contributed by atoms with van der Waals surface area (Å²) >= 11 is 0. The van der Waals surface area contributed by atoms with Crippen molar-refractivity contribution in [1.29, 1.82) is 0 Å². The van der Waals surface area contributed by atoms with Gasteiger partial charge in [-0.2, -0.15) is 4.58 Å². The van der Waals surface area contributed by atoms with E-state index in [2.05, 4.69) is 24.5 Å². The van der Waals surface area contributed by atoms with Gasteiger partial charge in [-0.25, -0.2) is 0 Å². The van der Waals surface area contributed by atoms with Crippen LogP contribution in [0.3, 0.4) is 0 Å². The molecule has 2 aromatic carbocycles. The van der Waals surface area contributed by atoms with Gasteiger partial charge in [0.2, 0.25) is 5.69 Å². The zero-order valence-corrected chi connectivity index (χ0v) is 23.4. The molecule has 37 heavy (non-hydrogen) atoms. The highest BCUT2D eigenvalue weighted by molar-refractivity contribution is 6.00. The Morgan fingerprint density at radius 2 is 1.57 bits per heavy atom. The molecule has 3 rings (SSSR count). The van der Waals surface area contributed by atoms with Crippen molar-refractivity contribution in [1.82, 2.24) is 0 Å². The van der Waals surface area contributed by atoms with E-state index < -0.39 is 4.92 Å². The number of aromatic hydroxyl groups is 1. The van der Waals surface area contributed by atoms with Crippen LogP contribution in [-0.2, 0) is 6.42 Å². The minimum absolute atomic E-state index is 0. The van der Waals surface area contributed by atoms with Crippen molar-refractivity contribution >= 4 is 17.1 Å². The first kappa shape index (κ1) is 30.4. The molecular weight excluding hydrogens is 492 g/mol. The van der Waals surface area contributed by atoms with E-state index in [-0.39, 0.29) is 29.9 Å². The van der Waals surface area contributed by atoms with E-state index in [9.17, 15) is 15.2 Å². The molecular formula is C29H41ClN2O5. The first-order chi connectivity index (χ1) is 17.4. The number of rotatable bonds is 14. The molecule has 0 amide bonds. The Morgan fingerprint density at radius 1 is 0.973 bits per heavy atom. The number of ether oxygens (including phenoxy) is 2. The fourth-order valence-corrected chi connectivity index (χ4v) is 5.24. The van der Waals surface area contributed by atoms with Crippen LogP contribution in [0.5, 0.6) is 17.2 Å². The molecule has 0 saturated carbocycles. The number of benzene rings is 2. The minimum Gasteiger partial charge on any atom is -1.00 e. The Balaban J connectivity index is 0.00000481. The third kappa shape index (κ3) is 7.60. The summed E-state index contributed by atoms with van der Waals surface area (Å²) in [5.41, 5.74) is 3.86.